The lowest BCUT2D eigenvalue weighted by atomic mass is 10.2. The zero-order valence-corrected chi connectivity index (χ0v) is 7.96. The number of rotatable bonds is 3. The van der Waals surface area contributed by atoms with Crippen LogP contribution in [-0.4, -0.2) is 49.9 Å². The summed E-state index contributed by atoms with van der Waals surface area (Å²) >= 11 is 0. The third kappa shape index (κ3) is 2.42. The van der Waals surface area contributed by atoms with Gasteiger partial charge in [-0.15, -0.1) is 0 Å². The monoisotopic (exact) mass is 185 g/mol. The highest BCUT2D eigenvalue weighted by Gasteiger charge is 2.28. The molecule has 0 saturated carbocycles. The van der Waals surface area contributed by atoms with Crippen LogP contribution in [0.2, 0.25) is 0 Å². The Balaban J connectivity index is 2.42. The summed E-state index contributed by atoms with van der Waals surface area (Å²) in [7, 11) is 3.37. The van der Waals surface area contributed by atoms with Crippen molar-refractivity contribution >= 4 is 11.8 Å². The number of nitrogens with one attached hydrogen (secondary N) is 2. The number of carbonyl (C=O) groups excluding carboxylic acids is 2. The Hall–Kier alpha value is -1.10. The highest BCUT2D eigenvalue weighted by Crippen LogP contribution is 2.06. The second kappa shape index (κ2) is 4.23. The van der Waals surface area contributed by atoms with E-state index in [-0.39, 0.29) is 24.4 Å². The molecule has 1 unspecified atom stereocenters. The lowest BCUT2D eigenvalue weighted by Crippen LogP contribution is -2.43. The van der Waals surface area contributed by atoms with Crippen LogP contribution in [0.1, 0.15) is 6.42 Å². The van der Waals surface area contributed by atoms with Gasteiger partial charge in [-0.05, 0) is 13.5 Å². The van der Waals surface area contributed by atoms with Crippen molar-refractivity contribution in [3.05, 3.63) is 0 Å². The molecule has 1 aliphatic rings. The van der Waals surface area contributed by atoms with Crippen LogP contribution in [0.3, 0.4) is 0 Å². The maximum atomic E-state index is 11.2. The SMILES string of the molecule is CNC(=O)CN(C)C1CCNC1=O. The lowest BCUT2D eigenvalue weighted by molar-refractivity contribution is -0.125. The Labute approximate surface area is 77.5 Å². The van der Waals surface area contributed by atoms with Gasteiger partial charge in [-0.25, -0.2) is 0 Å². The molecule has 0 aromatic heterocycles. The Morgan fingerprint density at radius 1 is 1.77 bits per heavy atom. The van der Waals surface area contributed by atoms with Gasteiger partial charge in [0, 0.05) is 13.6 Å². The van der Waals surface area contributed by atoms with Crippen LogP contribution in [0.25, 0.3) is 0 Å². The van der Waals surface area contributed by atoms with Crippen LogP contribution in [0.5, 0.6) is 0 Å². The van der Waals surface area contributed by atoms with Crippen LogP contribution in [0, 0.1) is 0 Å². The van der Waals surface area contributed by atoms with E-state index >= 15 is 0 Å². The van der Waals surface area contributed by atoms with E-state index in [1.54, 1.807) is 19.0 Å². The predicted octanol–water partition coefficient (Wildman–Crippen LogP) is -1.45. The van der Waals surface area contributed by atoms with Crippen molar-refractivity contribution in [3.8, 4) is 0 Å². The number of amides is 2. The maximum absolute atomic E-state index is 11.2. The van der Waals surface area contributed by atoms with E-state index in [1.165, 1.54) is 0 Å². The van der Waals surface area contributed by atoms with Gasteiger partial charge in [-0.3, -0.25) is 14.5 Å². The van der Waals surface area contributed by atoms with E-state index in [4.69, 9.17) is 0 Å². The molecular weight excluding hydrogens is 170 g/mol. The fourth-order valence-electron chi connectivity index (χ4n) is 1.42. The molecule has 1 heterocycles. The quantitative estimate of drug-likeness (QED) is 0.565. The molecule has 74 valence electrons. The summed E-state index contributed by atoms with van der Waals surface area (Å²) in [6, 6.07) is -0.141. The molecule has 0 radical (unpaired) electrons. The minimum Gasteiger partial charge on any atom is -0.358 e. The van der Waals surface area contributed by atoms with Gasteiger partial charge in [0.05, 0.1) is 12.6 Å². The number of carbonyl (C=O) groups is 2. The first-order valence-electron chi connectivity index (χ1n) is 4.33. The van der Waals surface area contributed by atoms with Crippen molar-refractivity contribution in [3.63, 3.8) is 0 Å². The second-order valence-electron chi connectivity index (χ2n) is 3.18. The minimum absolute atomic E-state index is 0.0198. The highest BCUT2D eigenvalue weighted by atomic mass is 16.2. The molecule has 5 heteroatoms. The van der Waals surface area contributed by atoms with Gasteiger partial charge in [0.1, 0.15) is 0 Å². The summed E-state index contributed by atoms with van der Waals surface area (Å²) in [4.78, 5) is 24.0. The molecule has 0 bridgehead atoms. The fraction of sp³-hybridized carbons (Fsp3) is 0.750. The molecule has 5 nitrogen and oxygen atoms in total. The molecule has 1 atom stereocenters. The molecule has 1 rings (SSSR count). The molecule has 1 aliphatic heterocycles. The molecule has 13 heavy (non-hydrogen) atoms. The Morgan fingerprint density at radius 3 is 2.92 bits per heavy atom. The third-order valence-corrected chi connectivity index (χ3v) is 2.22. The van der Waals surface area contributed by atoms with E-state index in [0.29, 0.717) is 6.54 Å². The number of hydrogen-bond donors (Lipinski definition) is 2. The predicted molar refractivity (Wildman–Crippen MR) is 48.1 cm³/mol. The van der Waals surface area contributed by atoms with Gasteiger partial charge in [0.15, 0.2) is 0 Å². The Kier molecular flexibility index (Phi) is 3.25. The van der Waals surface area contributed by atoms with Crippen molar-refractivity contribution < 1.29 is 9.59 Å². The van der Waals surface area contributed by atoms with Gasteiger partial charge >= 0.3 is 0 Å². The van der Waals surface area contributed by atoms with Crippen LogP contribution < -0.4 is 10.6 Å². The summed E-state index contributed by atoms with van der Waals surface area (Å²) < 4.78 is 0. The third-order valence-electron chi connectivity index (χ3n) is 2.22. The van der Waals surface area contributed by atoms with E-state index in [9.17, 15) is 9.59 Å². The topological polar surface area (TPSA) is 61.4 Å². The van der Waals surface area contributed by atoms with E-state index in [2.05, 4.69) is 10.6 Å². The first-order valence-corrected chi connectivity index (χ1v) is 4.33. The minimum atomic E-state index is -0.141. The zero-order valence-electron chi connectivity index (χ0n) is 7.96. The van der Waals surface area contributed by atoms with Crippen molar-refractivity contribution in [1.82, 2.24) is 15.5 Å². The average Bonchev–Trinajstić information content (AvgIpc) is 2.51. The second-order valence-corrected chi connectivity index (χ2v) is 3.18. The number of likely N-dealkylation sites (N-methyl/N-ethyl adjacent to an activating group) is 2. The van der Waals surface area contributed by atoms with E-state index in [1.807, 2.05) is 0 Å². The molecule has 0 aromatic carbocycles. The van der Waals surface area contributed by atoms with Crippen LogP contribution in [-0.2, 0) is 9.59 Å². The van der Waals surface area contributed by atoms with Crippen LogP contribution >= 0.6 is 0 Å². The number of nitrogens with zero attached hydrogens (tertiary/aromatic N) is 1. The van der Waals surface area contributed by atoms with Gasteiger partial charge in [0.2, 0.25) is 11.8 Å². The fourth-order valence-corrected chi connectivity index (χ4v) is 1.42. The van der Waals surface area contributed by atoms with Gasteiger partial charge in [0.25, 0.3) is 0 Å². The van der Waals surface area contributed by atoms with Gasteiger partial charge in [-0.1, -0.05) is 0 Å². The van der Waals surface area contributed by atoms with Gasteiger partial charge in [-0.2, -0.15) is 0 Å². The van der Waals surface area contributed by atoms with Crippen molar-refractivity contribution in [2.45, 2.75) is 12.5 Å². The molecular formula is C8H15N3O2. The van der Waals surface area contributed by atoms with Crippen molar-refractivity contribution in [2.24, 2.45) is 0 Å². The first-order chi connectivity index (χ1) is 6.15. The Bertz CT molecular complexity index is 217. The zero-order chi connectivity index (χ0) is 9.84. The van der Waals surface area contributed by atoms with Crippen LogP contribution in [0.4, 0.5) is 0 Å². The first kappa shape index (κ1) is 9.98. The average molecular weight is 185 g/mol. The summed E-state index contributed by atoms with van der Waals surface area (Å²) in [5.41, 5.74) is 0. The Morgan fingerprint density at radius 2 is 2.46 bits per heavy atom. The summed E-state index contributed by atoms with van der Waals surface area (Å²) in [5, 5.41) is 5.25. The molecule has 0 aromatic rings. The highest BCUT2D eigenvalue weighted by molar-refractivity contribution is 5.85. The van der Waals surface area contributed by atoms with Crippen LogP contribution in [0.15, 0.2) is 0 Å². The largest absolute Gasteiger partial charge is 0.358 e. The molecule has 1 saturated heterocycles. The summed E-state index contributed by atoms with van der Waals surface area (Å²) in [6.07, 6.45) is 0.784. The normalized spacial score (nSPS) is 21.8. The maximum Gasteiger partial charge on any atom is 0.237 e. The molecule has 1 fully saturated rings. The van der Waals surface area contributed by atoms with E-state index in [0.717, 1.165) is 6.42 Å². The number of hydrogen-bond acceptors (Lipinski definition) is 3. The molecule has 2 N–H and O–H groups in total. The molecule has 0 spiro atoms. The van der Waals surface area contributed by atoms with Crippen molar-refractivity contribution in [2.75, 3.05) is 27.2 Å². The molecule has 2 amide bonds. The lowest BCUT2D eigenvalue weighted by Gasteiger charge is -2.20. The summed E-state index contributed by atoms with van der Waals surface area (Å²) in [5.74, 6) is -0.0476. The smallest absolute Gasteiger partial charge is 0.237 e. The van der Waals surface area contributed by atoms with Crippen molar-refractivity contribution in [1.29, 1.82) is 0 Å². The summed E-state index contributed by atoms with van der Waals surface area (Å²) in [6.45, 7) is 0.982. The molecule has 0 aliphatic carbocycles. The van der Waals surface area contributed by atoms with Gasteiger partial charge < -0.3 is 10.6 Å². The van der Waals surface area contributed by atoms with E-state index < -0.39 is 0 Å². The standard InChI is InChI=1S/C8H15N3O2/c1-9-7(12)5-11(2)6-3-4-10-8(6)13/h6H,3-5H2,1-2H3,(H,9,12)(H,10,13).